The maximum Gasteiger partial charge on any atom is 0.308 e. The fourth-order valence-corrected chi connectivity index (χ4v) is 2.77. The lowest BCUT2D eigenvalue weighted by molar-refractivity contribution is -0.142. The molecule has 0 radical (unpaired) electrons. The molecular weight excluding hydrogens is 304 g/mol. The van der Waals surface area contributed by atoms with Crippen molar-refractivity contribution in [3.05, 3.63) is 23.7 Å². The monoisotopic (exact) mass is 319 g/mol. The lowest BCUT2D eigenvalue weighted by Gasteiger charge is -2.13. The number of aliphatic carboxylic acids is 1. The van der Waals surface area contributed by atoms with Gasteiger partial charge in [0, 0.05) is 13.1 Å². The Morgan fingerprint density at radius 1 is 1.48 bits per heavy atom. The molecule has 1 saturated heterocycles. The smallest absolute Gasteiger partial charge is 0.308 e. The summed E-state index contributed by atoms with van der Waals surface area (Å²) in [5, 5.41) is 9.04. The van der Waals surface area contributed by atoms with Gasteiger partial charge in [-0.15, -0.1) is 0 Å². The predicted octanol–water partition coefficient (Wildman–Crippen LogP) is 2.53. The van der Waals surface area contributed by atoms with Crippen LogP contribution in [0.1, 0.15) is 23.2 Å². The first-order valence-electron chi connectivity index (χ1n) is 6.39. The maximum atomic E-state index is 12.2. The van der Waals surface area contributed by atoms with Crippen molar-refractivity contribution in [2.45, 2.75) is 18.4 Å². The van der Waals surface area contributed by atoms with E-state index in [9.17, 15) is 18.4 Å². The van der Waals surface area contributed by atoms with Crippen LogP contribution in [-0.2, 0) is 10.5 Å². The van der Waals surface area contributed by atoms with Gasteiger partial charge in [-0.3, -0.25) is 9.59 Å². The summed E-state index contributed by atoms with van der Waals surface area (Å²) in [6.07, 6.45) is 0. The standard InChI is InChI=1S/C13H15F2NO4S/c1-7-4-16(5-9(7)12(18)19)11(17)10-3-2-8(20-10)6-21-13(14)15/h2-3,7,9,13H,4-6H2,1H3,(H,18,19). The van der Waals surface area contributed by atoms with E-state index in [1.165, 1.54) is 17.0 Å². The lowest BCUT2D eigenvalue weighted by atomic mass is 9.99. The highest BCUT2D eigenvalue weighted by Crippen LogP contribution is 2.26. The zero-order chi connectivity index (χ0) is 15.6. The first kappa shape index (κ1) is 15.8. The third-order valence-electron chi connectivity index (χ3n) is 3.44. The summed E-state index contributed by atoms with van der Waals surface area (Å²) < 4.78 is 29.4. The molecule has 2 heterocycles. The molecule has 2 rings (SSSR count). The number of hydrogen-bond donors (Lipinski definition) is 1. The molecule has 1 aliphatic rings. The number of carbonyl (C=O) groups is 2. The number of hydrogen-bond acceptors (Lipinski definition) is 4. The Morgan fingerprint density at radius 2 is 2.19 bits per heavy atom. The van der Waals surface area contributed by atoms with Crippen molar-refractivity contribution in [3.63, 3.8) is 0 Å². The van der Waals surface area contributed by atoms with Crippen molar-refractivity contribution in [3.8, 4) is 0 Å². The molecule has 5 nitrogen and oxygen atoms in total. The molecule has 2 unspecified atom stereocenters. The first-order chi connectivity index (χ1) is 9.88. The van der Waals surface area contributed by atoms with Crippen LogP contribution in [0.25, 0.3) is 0 Å². The number of carboxylic acid groups (broad SMARTS) is 1. The van der Waals surface area contributed by atoms with Crippen LogP contribution in [0.3, 0.4) is 0 Å². The van der Waals surface area contributed by atoms with Crippen molar-refractivity contribution in [2.24, 2.45) is 11.8 Å². The molecule has 1 fully saturated rings. The second-order valence-electron chi connectivity index (χ2n) is 4.97. The van der Waals surface area contributed by atoms with Crippen molar-refractivity contribution in [2.75, 3.05) is 13.1 Å². The van der Waals surface area contributed by atoms with Crippen LogP contribution < -0.4 is 0 Å². The summed E-state index contributed by atoms with van der Waals surface area (Å²) >= 11 is 0.417. The normalized spacial score (nSPS) is 22.0. The Bertz CT molecular complexity index is 534. The second kappa shape index (κ2) is 6.46. The molecule has 0 bridgehead atoms. The highest BCUT2D eigenvalue weighted by Gasteiger charge is 2.37. The molecule has 8 heteroatoms. The number of furan rings is 1. The first-order valence-corrected chi connectivity index (χ1v) is 7.44. The van der Waals surface area contributed by atoms with Crippen LogP contribution in [0.4, 0.5) is 8.78 Å². The minimum atomic E-state index is -2.50. The van der Waals surface area contributed by atoms with E-state index in [0.29, 0.717) is 24.1 Å². The number of alkyl halides is 2. The molecule has 0 saturated carbocycles. The van der Waals surface area contributed by atoms with E-state index in [1.807, 2.05) is 0 Å². The number of nitrogens with zero attached hydrogens (tertiary/aromatic N) is 1. The predicted molar refractivity (Wildman–Crippen MR) is 72.2 cm³/mol. The van der Waals surface area contributed by atoms with Crippen LogP contribution >= 0.6 is 11.8 Å². The molecule has 0 spiro atoms. The zero-order valence-corrected chi connectivity index (χ0v) is 12.1. The SMILES string of the molecule is CC1CN(C(=O)c2ccc(CSC(F)F)o2)CC1C(=O)O. The van der Waals surface area contributed by atoms with Gasteiger partial charge in [0.2, 0.25) is 0 Å². The number of carboxylic acids is 1. The van der Waals surface area contributed by atoms with Crippen LogP contribution in [0.2, 0.25) is 0 Å². The van der Waals surface area contributed by atoms with Gasteiger partial charge in [0.05, 0.1) is 11.7 Å². The third kappa shape index (κ3) is 3.75. The van der Waals surface area contributed by atoms with E-state index in [2.05, 4.69) is 0 Å². The van der Waals surface area contributed by atoms with Gasteiger partial charge in [0.15, 0.2) is 5.76 Å². The van der Waals surface area contributed by atoms with E-state index in [0.717, 1.165) is 0 Å². The van der Waals surface area contributed by atoms with Crippen LogP contribution in [0, 0.1) is 11.8 Å². The van der Waals surface area contributed by atoms with E-state index >= 15 is 0 Å². The number of rotatable bonds is 5. The van der Waals surface area contributed by atoms with E-state index in [4.69, 9.17) is 9.52 Å². The fraction of sp³-hybridized carbons (Fsp3) is 0.538. The van der Waals surface area contributed by atoms with Gasteiger partial charge in [0.1, 0.15) is 5.76 Å². The van der Waals surface area contributed by atoms with E-state index < -0.39 is 23.6 Å². The van der Waals surface area contributed by atoms with Gasteiger partial charge in [-0.2, -0.15) is 8.78 Å². The van der Waals surface area contributed by atoms with Gasteiger partial charge < -0.3 is 14.4 Å². The molecule has 21 heavy (non-hydrogen) atoms. The van der Waals surface area contributed by atoms with Gasteiger partial charge in [-0.25, -0.2) is 0 Å². The maximum absolute atomic E-state index is 12.2. The Hall–Kier alpha value is -1.57. The highest BCUT2D eigenvalue weighted by atomic mass is 32.2. The summed E-state index contributed by atoms with van der Waals surface area (Å²) in [6, 6.07) is 2.92. The molecule has 1 N–H and O–H groups in total. The van der Waals surface area contributed by atoms with E-state index in [1.54, 1.807) is 6.92 Å². The zero-order valence-electron chi connectivity index (χ0n) is 11.3. The average Bonchev–Trinajstić information content (AvgIpc) is 3.02. The molecule has 0 aromatic carbocycles. The highest BCUT2D eigenvalue weighted by molar-refractivity contribution is 7.98. The molecule has 1 aromatic heterocycles. The summed E-state index contributed by atoms with van der Waals surface area (Å²) in [5.41, 5.74) is 0. The van der Waals surface area contributed by atoms with Crippen LogP contribution in [-0.4, -0.2) is 40.7 Å². The van der Waals surface area contributed by atoms with Gasteiger partial charge >= 0.3 is 5.97 Å². The topological polar surface area (TPSA) is 70.8 Å². The Balaban J connectivity index is 1.99. The lowest BCUT2D eigenvalue weighted by Crippen LogP contribution is -2.29. The van der Waals surface area contributed by atoms with Gasteiger partial charge in [-0.1, -0.05) is 18.7 Å². The summed E-state index contributed by atoms with van der Waals surface area (Å²) in [5.74, 6) is -4.20. The molecule has 116 valence electrons. The molecule has 0 aliphatic carbocycles. The largest absolute Gasteiger partial charge is 0.481 e. The van der Waals surface area contributed by atoms with Crippen LogP contribution in [0.15, 0.2) is 16.5 Å². The summed E-state index contributed by atoms with van der Waals surface area (Å²) in [6.45, 7) is 2.26. The van der Waals surface area contributed by atoms with Crippen molar-refractivity contribution < 1.29 is 27.9 Å². The Labute approximate surface area is 124 Å². The van der Waals surface area contributed by atoms with Crippen LogP contribution in [0.5, 0.6) is 0 Å². The number of amides is 1. The van der Waals surface area contributed by atoms with Crippen molar-refractivity contribution in [1.82, 2.24) is 4.90 Å². The van der Waals surface area contributed by atoms with Gasteiger partial charge in [-0.05, 0) is 18.1 Å². The summed E-state index contributed by atoms with van der Waals surface area (Å²) in [7, 11) is 0. The van der Waals surface area contributed by atoms with Crippen molar-refractivity contribution >= 4 is 23.6 Å². The van der Waals surface area contributed by atoms with Gasteiger partial charge in [0.25, 0.3) is 11.7 Å². The number of halogens is 2. The number of thioether (sulfide) groups is 1. The second-order valence-corrected chi connectivity index (χ2v) is 5.95. The fourth-order valence-electron chi connectivity index (χ4n) is 2.33. The Kier molecular flexibility index (Phi) is 4.87. The summed E-state index contributed by atoms with van der Waals surface area (Å²) in [4.78, 5) is 24.7. The molecular formula is C13H15F2NO4S. The molecule has 1 amide bonds. The Morgan fingerprint density at radius 3 is 2.76 bits per heavy atom. The number of carbonyl (C=O) groups excluding carboxylic acids is 1. The molecule has 2 atom stereocenters. The number of likely N-dealkylation sites (tertiary alicyclic amines) is 1. The molecule has 1 aliphatic heterocycles. The quantitative estimate of drug-likeness (QED) is 0.903. The minimum Gasteiger partial charge on any atom is -0.481 e. The van der Waals surface area contributed by atoms with E-state index in [-0.39, 0.29) is 24.0 Å². The third-order valence-corrected chi connectivity index (χ3v) is 4.14. The van der Waals surface area contributed by atoms with Crippen molar-refractivity contribution in [1.29, 1.82) is 0 Å². The minimum absolute atomic E-state index is 0.0148. The molecule has 1 aromatic rings. The average molecular weight is 319 g/mol.